The molecule has 0 aromatic heterocycles. The van der Waals surface area contributed by atoms with Gasteiger partial charge in [0.05, 0.1) is 5.71 Å². The number of nitrogen functional groups attached to an aromatic ring is 1. The number of hydrazone groups is 1. The third-order valence-corrected chi connectivity index (χ3v) is 3.77. The number of carbonyl (C=O) groups is 1. The molecule has 3 N–H and O–H groups in total. The fraction of sp³-hybridized carbons (Fsp3) is 0.100. The van der Waals surface area contributed by atoms with Crippen molar-refractivity contribution in [2.24, 2.45) is 5.10 Å². The van der Waals surface area contributed by atoms with Gasteiger partial charge in [0.25, 0.3) is 5.91 Å². The van der Waals surface area contributed by atoms with Crippen LogP contribution in [0.5, 0.6) is 5.75 Å². The molecule has 0 saturated heterocycles. The molecular weight excluding hydrogens is 314 g/mol. The van der Waals surface area contributed by atoms with Crippen molar-refractivity contribution in [3.05, 3.63) is 72.3 Å². The zero-order chi connectivity index (χ0) is 17.6. The van der Waals surface area contributed by atoms with Gasteiger partial charge in [-0.1, -0.05) is 42.5 Å². The van der Waals surface area contributed by atoms with Crippen molar-refractivity contribution >= 4 is 28.1 Å². The molecule has 5 heteroatoms. The third kappa shape index (κ3) is 4.35. The number of ether oxygens (including phenoxy) is 1. The smallest absolute Gasteiger partial charge is 0.277 e. The molecule has 25 heavy (non-hydrogen) atoms. The number of nitrogens with two attached hydrogens (primary N) is 1. The van der Waals surface area contributed by atoms with Crippen LogP contribution in [-0.4, -0.2) is 18.2 Å². The lowest BCUT2D eigenvalue weighted by Gasteiger charge is -2.07. The predicted molar refractivity (Wildman–Crippen MR) is 101 cm³/mol. The van der Waals surface area contributed by atoms with Crippen molar-refractivity contribution in [2.75, 3.05) is 12.3 Å². The van der Waals surface area contributed by atoms with Gasteiger partial charge in [0.15, 0.2) is 6.61 Å². The topological polar surface area (TPSA) is 76.7 Å². The second-order valence-electron chi connectivity index (χ2n) is 5.65. The number of fused-ring (bicyclic) bond motifs is 1. The molecule has 0 aliphatic heterocycles. The van der Waals surface area contributed by atoms with Gasteiger partial charge in [0.2, 0.25) is 0 Å². The van der Waals surface area contributed by atoms with E-state index < -0.39 is 0 Å². The Labute approximate surface area is 146 Å². The summed E-state index contributed by atoms with van der Waals surface area (Å²) in [5.74, 6) is 0.330. The van der Waals surface area contributed by atoms with Crippen LogP contribution in [0.4, 0.5) is 5.69 Å². The van der Waals surface area contributed by atoms with Crippen LogP contribution in [0.2, 0.25) is 0 Å². The largest absolute Gasteiger partial charge is 0.484 e. The number of benzene rings is 3. The van der Waals surface area contributed by atoms with Crippen molar-refractivity contribution < 1.29 is 9.53 Å². The first kappa shape index (κ1) is 16.5. The molecule has 0 bridgehead atoms. The first-order chi connectivity index (χ1) is 12.1. The van der Waals surface area contributed by atoms with E-state index in [0.29, 0.717) is 17.1 Å². The maximum Gasteiger partial charge on any atom is 0.277 e. The van der Waals surface area contributed by atoms with Gasteiger partial charge in [0, 0.05) is 5.69 Å². The van der Waals surface area contributed by atoms with Crippen molar-refractivity contribution in [1.29, 1.82) is 0 Å². The van der Waals surface area contributed by atoms with Crippen LogP contribution in [-0.2, 0) is 4.79 Å². The number of anilines is 1. The molecule has 0 heterocycles. The number of nitrogens with one attached hydrogen (secondary N) is 1. The zero-order valence-corrected chi connectivity index (χ0v) is 13.9. The Morgan fingerprint density at radius 1 is 1.04 bits per heavy atom. The van der Waals surface area contributed by atoms with Gasteiger partial charge in [-0.15, -0.1) is 0 Å². The lowest BCUT2D eigenvalue weighted by Crippen LogP contribution is -2.25. The molecule has 0 saturated carbocycles. The molecule has 3 aromatic carbocycles. The number of hydrogen-bond acceptors (Lipinski definition) is 4. The third-order valence-electron chi connectivity index (χ3n) is 3.77. The molecule has 0 atom stereocenters. The number of hydrogen-bond donors (Lipinski definition) is 2. The summed E-state index contributed by atoms with van der Waals surface area (Å²) in [7, 11) is 0. The number of rotatable bonds is 5. The monoisotopic (exact) mass is 333 g/mol. The van der Waals surface area contributed by atoms with E-state index in [1.807, 2.05) is 61.5 Å². The highest BCUT2D eigenvalue weighted by Crippen LogP contribution is 2.20. The standard InChI is InChI=1S/C20H19N3O2/c1-14(15-6-9-18(21)10-7-15)22-23-20(24)13-25-19-11-8-16-4-2-3-5-17(16)12-19/h2-12H,13,21H2,1H3,(H,23,24). The van der Waals surface area contributed by atoms with E-state index >= 15 is 0 Å². The average molecular weight is 333 g/mol. The molecule has 5 nitrogen and oxygen atoms in total. The van der Waals surface area contributed by atoms with Gasteiger partial charge < -0.3 is 10.5 Å². The molecule has 0 radical (unpaired) electrons. The molecule has 3 aromatic rings. The molecule has 0 unspecified atom stereocenters. The van der Waals surface area contributed by atoms with Crippen LogP contribution >= 0.6 is 0 Å². The summed E-state index contributed by atoms with van der Waals surface area (Å²) >= 11 is 0. The van der Waals surface area contributed by atoms with Gasteiger partial charge in [-0.3, -0.25) is 4.79 Å². The van der Waals surface area contributed by atoms with E-state index in [1.54, 1.807) is 12.1 Å². The summed E-state index contributed by atoms with van der Waals surface area (Å²) in [5, 5.41) is 6.28. The van der Waals surface area contributed by atoms with E-state index in [-0.39, 0.29) is 12.5 Å². The highest BCUT2D eigenvalue weighted by Gasteiger charge is 2.04. The molecule has 0 spiro atoms. The highest BCUT2D eigenvalue weighted by molar-refractivity contribution is 5.99. The lowest BCUT2D eigenvalue weighted by atomic mass is 10.1. The van der Waals surface area contributed by atoms with Crippen molar-refractivity contribution in [3.8, 4) is 5.75 Å². The average Bonchev–Trinajstić information content (AvgIpc) is 2.65. The fourth-order valence-electron chi connectivity index (χ4n) is 2.37. The first-order valence-corrected chi connectivity index (χ1v) is 7.92. The number of nitrogens with zero attached hydrogens (tertiary/aromatic N) is 1. The van der Waals surface area contributed by atoms with Crippen LogP contribution < -0.4 is 15.9 Å². The minimum atomic E-state index is -0.317. The minimum absolute atomic E-state index is 0.100. The fourth-order valence-corrected chi connectivity index (χ4v) is 2.37. The summed E-state index contributed by atoms with van der Waals surface area (Å²) in [4.78, 5) is 11.9. The lowest BCUT2D eigenvalue weighted by molar-refractivity contribution is -0.123. The SMILES string of the molecule is CC(=NNC(=O)COc1ccc2ccccc2c1)c1ccc(N)cc1. The van der Waals surface area contributed by atoms with E-state index in [2.05, 4.69) is 10.5 Å². The second kappa shape index (κ2) is 7.49. The van der Waals surface area contributed by atoms with Crippen LogP contribution in [0.15, 0.2) is 71.8 Å². The molecule has 0 aliphatic carbocycles. The quantitative estimate of drug-likeness (QED) is 0.427. The van der Waals surface area contributed by atoms with Gasteiger partial charge >= 0.3 is 0 Å². The van der Waals surface area contributed by atoms with E-state index in [0.717, 1.165) is 16.3 Å². The maximum atomic E-state index is 11.9. The molecule has 3 rings (SSSR count). The Bertz CT molecular complexity index is 918. The second-order valence-corrected chi connectivity index (χ2v) is 5.65. The van der Waals surface area contributed by atoms with E-state index in [1.165, 1.54) is 0 Å². The van der Waals surface area contributed by atoms with Gasteiger partial charge in [-0.05, 0) is 47.5 Å². The van der Waals surface area contributed by atoms with Crippen molar-refractivity contribution in [1.82, 2.24) is 5.43 Å². The normalized spacial score (nSPS) is 11.3. The van der Waals surface area contributed by atoms with Crippen LogP contribution in [0.25, 0.3) is 10.8 Å². The van der Waals surface area contributed by atoms with Crippen LogP contribution in [0, 0.1) is 0 Å². The number of amides is 1. The maximum absolute atomic E-state index is 11.9. The van der Waals surface area contributed by atoms with Gasteiger partial charge in [-0.2, -0.15) is 5.10 Å². The molecule has 0 aliphatic rings. The molecule has 1 amide bonds. The zero-order valence-electron chi connectivity index (χ0n) is 13.9. The van der Waals surface area contributed by atoms with Crippen molar-refractivity contribution in [2.45, 2.75) is 6.92 Å². The van der Waals surface area contributed by atoms with Crippen LogP contribution in [0.1, 0.15) is 12.5 Å². The van der Waals surface area contributed by atoms with Crippen LogP contribution in [0.3, 0.4) is 0 Å². The molecule has 0 fully saturated rings. The Balaban J connectivity index is 1.56. The Hall–Kier alpha value is -3.34. The molecular formula is C20H19N3O2. The summed E-state index contributed by atoms with van der Waals surface area (Å²) in [6.07, 6.45) is 0. The van der Waals surface area contributed by atoms with E-state index in [4.69, 9.17) is 10.5 Å². The first-order valence-electron chi connectivity index (χ1n) is 7.92. The Morgan fingerprint density at radius 2 is 1.76 bits per heavy atom. The van der Waals surface area contributed by atoms with Gasteiger partial charge in [0.1, 0.15) is 5.75 Å². The summed E-state index contributed by atoms with van der Waals surface area (Å²) in [6, 6.07) is 21.0. The minimum Gasteiger partial charge on any atom is -0.484 e. The highest BCUT2D eigenvalue weighted by atomic mass is 16.5. The Kier molecular flexibility index (Phi) is 4.95. The predicted octanol–water partition coefficient (Wildman–Crippen LogP) is 3.34. The summed E-state index contributed by atoms with van der Waals surface area (Å²) in [5.41, 5.74) is 10.4. The summed E-state index contributed by atoms with van der Waals surface area (Å²) in [6.45, 7) is 1.72. The van der Waals surface area contributed by atoms with Crippen molar-refractivity contribution in [3.63, 3.8) is 0 Å². The van der Waals surface area contributed by atoms with E-state index in [9.17, 15) is 4.79 Å². The summed E-state index contributed by atoms with van der Waals surface area (Å²) < 4.78 is 5.53. The van der Waals surface area contributed by atoms with Gasteiger partial charge in [-0.25, -0.2) is 5.43 Å². The number of carbonyl (C=O) groups excluding carboxylic acids is 1. The molecule has 126 valence electrons. The Morgan fingerprint density at radius 3 is 2.52 bits per heavy atom.